The molecule has 0 saturated carbocycles. The minimum absolute atomic E-state index is 0.0173. The van der Waals surface area contributed by atoms with Gasteiger partial charge in [-0.2, -0.15) is 0 Å². The molecule has 1 aromatic rings. The Morgan fingerprint density at radius 1 is 1.40 bits per heavy atom. The van der Waals surface area contributed by atoms with E-state index in [4.69, 9.17) is 15.4 Å². The first kappa shape index (κ1) is 16.9. The zero-order chi connectivity index (χ0) is 15.3. The van der Waals surface area contributed by atoms with Crippen LogP contribution in [0.2, 0.25) is 0 Å². The second-order valence-electron chi connectivity index (χ2n) is 4.59. The largest absolute Gasteiger partial charge is 0.377 e. The van der Waals surface area contributed by atoms with E-state index in [1.165, 1.54) is 18.2 Å². The maximum absolute atomic E-state index is 11.9. The SMILES string of the molecule is Cc1cc(S(=O)(=O)Cl)ccc1C(=O)NCCOC(C)C. The Balaban J connectivity index is 2.70. The van der Waals surface area contributed by atoms with E-state index in [-0.39, 0.29) is 16.9 Å². The Morgan fingerprint density at radius 2 is 2.05 bits per heavy atom. The third-order valence-electron chi connectivity index (χ3n) is 2.56. The molecule has 112 valence electrons. The van der Waals surface area contributed by atoms with Crippen molar-refractivity contribution < 1.29 is 17.9 Å². The molecule has 0 aliphatic heterocycles. The first-order valence-corrected chi connectivity index (χ1v) is 8.48. The molecule has 0 heterocycles. The van der Waals surface area contributed by atoms with Gasteiger partial charge in [-0.05, 0) is 44.5 Å². The molecule has 0 saturated heterocycles. The summed E-state index contributed by atoms with van der Waals surface area (Å²) in [4.78, 5) is 11.9. The molecule has 20 heavy (non-hydrogen) atoms. The maximum atomic E-state index is 11.9. The van der Waals surface area contributed by atoms with Crippen LogP contribution >= 0.6 is 10.7 Å². The molecule has 0 aliphatic carbocycles. The molecule has 0 unspecified atom stereocenters. The lowest BCUT2D eigenvalue weighted by atomic mass is 10.1. The van der Waals surface area contributed by atoms with E-state index < -0.39 is 9.05 Å². The van der Waals surface area contributed by atoms with Crippen molar-refractivity contribution in [3.63, 3.8) is 0 Å². The van der Waals surface area contributed by atoms with Crippen molar-refractivity contribution in [2.75, 3.05) is 13.2 Å². The van der Waals surface area contributed by atoms with Gasteiger partial charge >= 0.3 is 0 Å². The summed E-state index contributed by atoms with van der Waals surface area (Å²) in [6.45, 7) is 6.31. The predicted molar refractivity (Wildman–Crippen MR) is 77.6 cm³/mol. The van der Waals surface area contributed by atoms with E-state index in [2.05, 4.69) is 5.32 Å². The topological polar surface area (TPSA) is 72.5 Å². The summed E-state index contributed by atoms with van der Waals surface area (Å²) in [5.74, 6) is -0.270. The lowest BCUT2D eigenvalue weighted by Crippen LogP contribution is -2.28. The Bertz CT molecular complexity index is 584. The molecule has 0 radical (unpaired) electrons. The van der Waals surface area contributed by atoms with Crippen molar-refractivity contribution in [1.29, 1.82) is 0 Å². The third kappa shape index (κ3) is 5.11. The molecule has 0 atom stereocenters. The van der Waals surface area contributed by atoms with Gasteiger partial charge in [0.25, 0.3) is 15.0 Å². The molecular weight excluding hydrogens is 302 g/mol. The first-order chi connectivity index (χ1) is 9.21. The number of hydrogen-bond donors (Lipinski definition) is 1. The van der Waals surface area contributed by atoms with Crippen LogP contribution in [-0.4, -0.2) is 33.6 Å². The molecule has 0 fully saturated rings. The second-order valence-corrected chi connectivity index (χ2v) is 7.16. The lowest BCUT2D eigenvalue weighted by molar-refractivity contribution is 0.0746. The molecular formula is C13H18ClNO4S. The number of ether oxygens (including phenoxy) is 1. The standard InChI is InChI=1S/C13H18ClNO4S/c1-9(2)19-7-6-15-13(16)12-5-4-11(8-10(12)3)20(14,17)18/h4-5,8-9H,6-7H2,1-3H3,(H,15,16). The van der Waals surface area contributed by atoms with Crippen LogP contribution in [0.25, 0.3) is 0 Å². The monoisotopic (exact) mass is 319 g/mol. The number of aryl methyl sites for hydroxylation is 1. The summed E-state index contributed by atoms with van der Waals surface area (Å²) >= 11 is 0. The number of rotatable bonds is 6. The fraction of sp³-hybridized carbons (Fsp3) is 0.462. The second kappa shape index (κ2) is 7.06. The Morgan fingerprint density at radius 3 is 2.55 bits per heavy atom. The smallest absolute Gasteiger partial charge is 0.261 e. The molecule has 0 bridgehead atoms. The van der Waals surface area contributed by atoms with Crippen LogP contribution in [0.1, 0.15) is 29.8 Å². The highest BCUT2D eigenvalue weighted by Gasteiger charge is 2.14. The average Bonchev–Trinajstić information content (AvgIpc) is 2.32. The fourth-order valence-electron chi connectivity index (χ4n) is 1.60. The van der Waals surface area contributed by atoms with Gasteiger partial charge in [-0.1, -0.05) is 0 Å². The van der Waals surface area contributed by atoms with E-state index in [9.17, 15) is 13.2 Å². The van der Waals surface area contributed by atoms with Gasteiger partial charge in [0.05, 0.1) is 17.6 Å². The van der Waals surface area contributed by atoms with Crippen LogP contribution in [0, 0.1) is 6.92 Å². The summed E-state index contributed by atoms with van der Waals surface area (Å²) in [6, 6.07) is 4.14. The molecule has 0 aliphatic rings. The highest BCUT2D eigenvalue weighted by molar-refractivity contribution is 8.13. The molecule has 5 nitrogen and oxygen atoms in total. The highest BCUT2D eigenvalue weighted by atomic mass is 35.7. The minimum atomic E-state index is -3.78. The summed E-state index contributed by atoms with van der Waals surface area (Å²) in [5, 5.41) is 2.71. The zero-order valence-electron chi connectivity index (χ0n) is 11.6. The molecule has 1 N–H and O–H groups in total. The van der Waals surface area contributed by atoms with Crippen molar-refractivity contribution in [1.82, 2.24) is 5.32 Å². The third-order valence-corrected chi connectivity index (χ3v) is 3.91. The average molecular weight is 320 g/mol. The predicted octanol–water partition coefficient (Wildman–Crippen LogP) is 2.08. The highest BCUT2D eigenvalue weighted by Crippen LogP contribution is 2.18. The van der Waals surface area contributed by atoms with Gasteiger partial charge in [-0.25, -0.2) is 8.42 Å². The van der Waals surface area contributed by atoms with Gasteiger partial charge in [0, 0.05) is 22.8 Å². The summed E-state index contributed by atoms with van der Waals surface area (Å²) in [7, 11) is 1.47. The lowest BCUT2D eigenvalue weighted by Gasteiger charge is -2.10. The minimum Gasteiger partial charge on any atom is -0.377 e. The van der Waals surface area contributed by atoms with E-state index in [0.717, 1.165) is 0 Å². The Hall–Kier alpha value is -1.11. The number of carbonyl (C=O) groups is 1. The van der Waals surface area contributed by atoms with E-state index in [1.54, 1.807) is 6.92 Å². The van der Waals surface area contributed by atoms with Crippen molar-refractivity contribution in [3.8, 4) is 0 Å². The van der Waals surface area contributed by atoms with Gasteiger partial charge in [0.1, 0.15) is 0 Å². The fourth-order valence-corrected chi connectivity index (χ4v) is 2.43. The quantitative estimate of drug-likeness (QED) is 0.643. The van der Waals surface area contributed by atoms with Crippen LogP contribution in [0.3, 0.4) is 0 Å². The number of amides is 1. The van der Waals surface area contributed by atoms with Gasteiger partial charge in [0.2, 0.25) is 0 Å². The number of halogens is 1. The van der Waals surface area contributed by atoms with Gasteiger partial charge < -0.3 is 10.1 Å². The Labute approximate surface area is 123 Å². The molecule has 0 spiro atoms. The van der Waals surface area contributed by atoms with E-state index >= 15 is 0 Å². The van der Waals surface area contributed by atoms with Crippen LogP contribution in [0.15, 0.2) is 23.1 Å². The van der Waals surface area contributed by atoms with Crippen molar-refractivity contribution >= 4 is 25.6 Å². The first-order valence-electron chi connectivity index (χ1n) is 6.17. The van der Waals surface area contributed by atoms with Gasteiger partial charge in [0.15, 0.2) is 0 Å². The van der Waals surface area contributed by atoms with Gasteiger partial charge in [-0.15, -0.1) is 0 Å². The number of hydrogen-bond acceptors (Lipinski definition) is 4. The summed E-state index contributed by atoms with van der Waals surface area (Å²) in [5.41, 5.74) is 0.965. The van der Waals surface area contributed by atoms with Crippen molar-refractivity contribution in [2.45, 2.75) is 31.8 Å². The van der Waals surface area contributed by atoms with Crippen LogP contribution < -0.4 is 5.32 Å². The normalized spacial score (nSPS) is 11.7. The molecule has 0 aromatic heterocycles. The van der Waals surface area contributed by atoms with E-state index in [1.807, 2.05) is 13.8 Å². The van der Waals surface area contributed by atoms with Crippen molar-refractivity contribution in [2.24, 2.45) is 0 Å². The van der Waals surface area contributed by atoms with Crippen molar-refractivity contribution in [3.05, 3.63) is 29.3 Å². The molecule has 7 heteroatoms. The van der Waals surface area contributed by atoms with Crippen LogP contribution in [0.5, 0.6) is 0 Å². The van der Waals surface area contributed by atoms with Crippen LogP contribution in [-0.2, 0) is 13.8 Å². The van der Waals surface area contributed by atoms with E-state index in [0.29, 0.717) is 24.3 Å². The molecule has 1 amide bonds. The maximum Gasteiger partial charge on any atom is 0.261 e. The van der Waals surface area contributed by atoms with Gasteiger partial charge in [-0.3, -0.25) is 4.79 Å². The Kier molecular flexibility index (Phi) is 5.98. The molecule has 1 rings (SSSR count). The zero-order valence-corrected chi connectivity index (χ0v) is 13.2. The summed E-state index contributed by atoms with van der Waals surface area (Å²) < 4.78 is 27.7. The molecule has 1 aromatic carbocycles. The number of benzene rings is 1. The van der Waals surface area contributed by atoms with Crippen LogP contribution in [0.4, 0.5) is 0 Å². The number of nitrogens with one attached hydrogen (secondary N) is 1. The number of carbonyl (C=O) groups excluding carboxylic acids is 1. The summed E-state index contributed by atoms with van der Waals surface area (Å²) in [6.07, 6.45) is 0.113.